The largest absolute Gasteiger partial charge is 0.486 e. The molecule has 1 aromatic carbocycles. The Hall–Kier alpha value is -1.39. The molecule has 0 saturated carbocycles. The summed E-state index contributed by atoms with van der Waals surface area (Å²) in [6.07, 6.45) is 0. The van der Waals surface area contributed by atoms with E-state index in [0.717, 1.165) is 12.1 Å². The molecule has 1 aromatic heterocycles. The minimum atomic E-state index is -0.319. The fourth-order valence-electron chi connectivity index (χ4n) is 1.71. The Morgan fingerprint density at radius 1 is 1.33 bits per heavy atom. The summed E-state index contributed by atoms with van der Waals surface area (Å²) in [5.41, 5.74) is 1.12. The molecule has 1 heterocycles. The quantitative estimate of drug-likeness (QED) is 0.893. The number of rotatable bonds is 5. The van der Waals surface area contributed by atoms with Crippen LogP contribution in [0.4, 0.5) is 4.39 Å². The number of benzene rings is 1. The number of halogens is 1. The summed E-state index contributed by atoms with van der Waals surface area (Å²) < 4.78 is 18.9. The van der Waals surface area contributed by atoms with Crippen molar-refractivity contribution in [3.63, 3.8) is 0 Å². The molecule has 4 heteroatoms. The molecule has 0 atom stereocenters. The summed E-state index contributed by atoms with van der Waals surface area (Å²) in [7, 11) is 1.92. The standard InChI is InChI=1S/C14H16FNOS/c1-10-11(7-12(18-10)8-16-2)9-17-14-6-4-3-5-13(14)15/h3-7,16H,8-9H2,1-2H3. The Morgan fingerprint density at radius 3 is 2.83 bits per heavy atom. The van der Waals surface area contributed by atoms with E-state index in [-0.39, 0.29) is 5.82 Å². The van der Waals surface area contributed by atoms with Crippen molar-refractivity contribution in [2.45, 2.75) is 20.1 Å². The lowest BCUT2D eigenvalue weighted by Gasteiger charge is -2.06. The maximum absolute atomic E-state index is 13.4. The Balaban J connectivity index is 2.04. The molecular weight excluding hydrogens is 249 g/mol. The zero-order valence-corrected chi connectivity index (χ0v) is 11.3. The molecule has 0 bridgehead atoms. The van der Waals surface area contributed by atoms with E-state index < -0.39 is 0 Å². The normalized spacial score (nSPS) is 10.6. The first kappa shape index (κ1) is 13.1. The van der Waals surface area contributed by atoms with Gasteiger partial charge in [0.2, 0.25) is 0 Å². The first-order valence-corrected chi connectivity index (χ1v) is 6.62. The van der Waals surface area contributed by atoms with Crippen LogP contribution in [-0.2, 0) is 13.2 Å². The number of hydrogen-bond donors (Lipinski definition) is 1. The summed E-state index contributed by atoms with van der Waals surface area (Å²) in [4.78, 5) is 2.48. The molecule has 0 spiro atoms. The van der Waals surface area contributed by atoms with E-state index in [1.54, 1.807) is 29.5 Å². The smallest absolute Gasteiger partial charge is 0.165 e. The third-order valence-corrected chi connectivity index (χ3v) is 3.74. The minimum absolute atomic E-state index is 0.304. The fraction of sp³-hybridized carbons (Fsp3) is 0.286. The van der Waals surface area contributed by atoms with Crippen LogP contribution in [0.5, 0.6) is 5.75 Å². The molecule has 2 aromatic rings. The molecule has 0 unspecified atom stereocenters. The summed E-state index contributed by atoms with van der Waals surface area (Å²) in [6.45, 7) is 3.32. The van der Waals surface area contributed by atoms with E-state index in [9.17, 15) is 4.39 Å². The van der Waals surface area contributed by atoms with Crippen molar-refractivity contribution >= 4 is 11.3 Å². The van der Waals surface area contributed by atoms with Gasteiger partial charge >= 0.3 is 0 Å². The average molecular weight is 265 g/mol. The van der Waals surface area contributed by atoms with Gasteiger partial charge in [-0.2, -0.15) is 0 Å². The van der Waals surface area contributed by atoms with Crippen molar-refractivity contribution in [3.8, 4) is 5.75 Å². The van der Waals surface area contributed by atoms with Gasteiger partial charge in [-0.3, -0.25) is 0 Å². The topological polar surface area (TPSA) is 21.3 Å². The van der Waals surface area contributed by atoms with E-state index >= 15 is 0 Å². The van der Waals surface area contributed by atoms with E-state index in [0.29, 0.717) is 12.4 Å². The number of hydrogen-bond acceptors (Lipinski definition) is 3. The second kappa shape index (κ2) is 5.98. The van der Waals surface area contributed by atoms with Crippen molar-refractivity contribution in [1.82, 2.24) is 5.32 Å². The number of nitrogens with one attached hydrogen (secondary N) is 1. The molecule has 2 rings (SSSR count). The van der Waals surface area contributed by atoms with Crippen LogP contribution in [0.2, 0.25) is 0 Å². The first-order valence-electron chi connectivity index (χ1n) is 5.81. The maximum atomic E-state index is 13.4. The van der Waals surface area contributed by atoms with Crippen LogP contribution in [-0.4, -0.2) is 7.05 Å². The van der Waals surface area contributed by atoms with Gasteiger partial charge in [-0.1, -0.05) is 12.1 Å². The maximum Gasteiger partial charge on any atom is 0.165 e. The minimum Gasteiger partial charge on any atom is -0.486 e. The SMILES string of the molecule is CNCc1cc(COc2ccccc2F)c(C)s1. The number of para-hydroxylation sites is 1. The molecular formula is C14H16FNOS. The van der Waals surface area contributed by atoms with E-state index in [2.05, 4.69) is 18.3 Å². The van der Waals surface area contributed by atoms with Gasteiger partial charge in [-0.25, -0.2) is 4.39 Å². The second-order valence-corrected chi connectivity index (χ2v) is 5.38. The lowest BCUT2D eigenvalue weighted by molar-refractivity contribution is 0.290. The van der Waals surface area contributed by atoms with Crippen LogP contribution >= 0.6 is 11.3 Å². The van der Waals surface area contributed by atoms with Crippen molar-refractivity contribution in [1.29, 1.82) is 0 Å². The van der Waals surface area contributed by atoms with Crippen LogP contribution in [0.25, 0.3) is 0 Å². The molecule has 1 N–H and O–H groups in total. The van der Waals surface area contributed by atoms with Crippen LogP contribution in [0.3, 0.4) is 0 Å². The van der Waals surface area contributed by atoms with Crippen LogP contribution in [0.15, 0.2) is 30.3 Å². The van der Waals surface area contributed by atoms with Gasteiger partial charge in [0.05, 0.1) is 0 Å². The Labute approximate surface area is 110 Å². The molecule has 0 radical (unpaired) electrons. The molecule has 2 nitrogen and oxygen atoms in total. The number of aryl methyl sites for hydroxylation is 1. The monoisotopic (exact) mass is 265 g/mol. The number of ether oxygens (including phenoxy) is 1. The molecule has 0 fully saturated rings. The van der Waals surface area contributed by atoms with Gasteiger partial charge in [0.25, 0.3) is 0 Å². The third-order valence-electron chi connectivity index (χ3n) is 2.64. The van der Waals surface area contributed by atoms with Crippen LogP contribution < -0.4 is 10.1 Å². The van der Waals surface area contributed by atoms with Gasteiger partial charge in [-0.05, 0) is 32.2 Å². The molecule has 18 heavy (non-hydrogen) atoms. The van der Waals surface area contributed by atoms with Crippen molar-refractivity contribution in [3.05, 3.63) is 51.5 Å². The highest BCUT2D eigenvalue weighted by Crippen LogP contribution is 2.24. The number of thiophene rings is 1. The van der Waals surface area contributed by atoms with Crippen molar-refractivity contribution in [2.24, 2.45) is 0 Å². The van der Waals surface area contributed by atoms with Gasteiger partial charge in [0.15, 0.2) is 11.6 Å². The molecule has 0 aliphatic rings. The highest BCUT2D eigenvalue weighted by Gasteiger charge is 2.07. The van der Waals surface area contributed by atoms with Gasteiger partial charge < -0.3 is 10.1 Å². The summed E-state index contributed by atoms with van der Waals surface area (Å²) in [5.74, 6) is -0.0147. The second-order valence-electron chi connectivity index (χ2n) is 4.04. The molecule has 0 saturated heterocycles. The Bertz CT molecular complexity index is 524. The Kier molecular flexibility index (Phi) is 4.33. The van der Waals surface area contributed by atoms with E-state index in [1.807, 2.05) is 7.05 Å². The van der Waals surface area contributed by atoms with Gasteiger partial charge in [-0.15, -0.1) is 11.3 Å². The molecule has 0 aliphatic carbocycles. The summed E-state index contributed by atoms with van der Waals surface area (Å²) >= 11 is 1.74. The third kappa shape index (κ3) is 3.09. The zero-order chi connectivity index (χ0) is 13.0. The predicted molar refractivity (Wildman–Crippen MR) is 72.6 cm³/mol. The van der Waals surface area contributed by atoms with Crippen molar-refractivity contribution < 1.29 is 9.13 Å². The molecule has 96 valence electrons. The summed E-state index contributed by atoms with van der Waals surface area (Å²) in [5, 5.41) is 3.12. The Morgan fingerprint density at radius 2 is 2.11 bits per heavy atom. The summed E-state index contributed by atoms with van der Waals surface area (Å²) in [6, 6.07) is 8.58. The lowest BCUT2D eigenvalue weighted by atomic mass is 10.2. The highest BCUT2D eigenvalue weighted by molar-refractivity contribution is 7.12. The highest BCUT2D eigenvalue weighted by atomic mass is 32.1. The fourth-order valence-corrected chi connectivity index (χ4v) is 2.77. The molecule has 0 amide bonds. The van der Waals surface area contributed by atoms with Gasteiger partial charge in [0.1, 0.15) is 6.61 Å². The molecule has 0 aliphatic heterocycles. The predicted octanol–water partition coefficient (Wildman–Crippen LogP) is 3.49. The van der Waals surface area contributed by atoms with Crippen molar-refractivity contribution in [2.75, 3.05) is 7.05 Å². The van der Waals surface area contributed by atoms with E-state index in [1.165, 1.54) is 15.8 Å². The first-order chi connectivity index (χ1) is 8.70. The lowest BCUT2D eigenvalue weighted by Crippen LogP contribution is -2.03. The van der Waals surface area contributed by atoms with E-state index in [4.69, 9.17) is 4.74 Å². The van der Waals surface area contributed by atoms with Crippen LogP contribution in [0, 0.1) is 12.7 Å². The average Bonchev–Trinajstić information content (AvgIpc) is 2.69. The van der Waals surface area contributed by atoms with Crippen LogP contribution in [0.1, 0.15) is 15.3 Å². The van der Waals surface area contributed by atoms with Gasteiger partial charge in [0, 0.05) is 21.9 Å². The zero-order valence-electron chi connectivity index (χ0n) is 10.5.